The zero-order chi connectivity index (χ0) is 19.1. The van der Waals surface area contributed by atoms with E-state index >= 15 is 0 Å². The van der Waals surface area contributed by atoms with Gasteiger partial charge in [-0.1, -0.05) is 13.8 Å². The lowest BCUT2D eigenvalue weighted by atomic mass is 10.0. The lowest BCUT2D eigenvalue weighted by Gasteiger charge is -2.22. The minimum absolute atomic E-state index is 0.0350. The van der Waals surface area contributed by atoms with Gasteiger partial charge >= 0.3 is 0 Å². The number of hydrogen-bond acceptors (Lipinski definition) is 5. The number of ether oxygens (including phenoxy) is 2. The third-order valence-electron chi connectivity index (χ3n) is 4.30. The second-order valence-corrected chi connectivity index (χ2v) is 6.37. The van der Waals surface area contributed by atoms with Gasteiger partial charge in [-0.2, -0.15) is 0 Å². The maximum Gasteiger partial charge on any atom is 0.258 e. The Hall–Kier alpha value is -2.05. The van der Waals surface area contributed by atoms with Crippen LogP contribution < -0.4 is 15.6 Å². The highest BCUT2D eigenvalue weighted by Crippen LogP contribution is 2.31. The van der Waals surface area contributed by atoms with Crippen molar-refractivity contribution in [1.82, 2.24) is 9.47 Å². The van der Waals surface area contributed by atoms with Crippen LogP contribution in [0.15, 0.2) is 23.0 Å². The molecule has 1 aliphatic rings. The fourth-order valence-electron chi connectivity index (χ4n) is 3.10. The summed E-state index contributed by atoms with van der Waals surface area (Å²) in [6.07, 6.45) is 1.77. The summed E-state index contributed by atoms with van der Waals surface area (Å²) in [5, 5.41) is 4.42. The molecule has 0 aliphatic carbocycles. The molecule has 0 amide bonds. The largest absolute Gasteiger partial charge is 0.492 e. The molecule has 1 N–H and O–H groups in total. The summed E-state index contributed by atoms with van der Waals surface area (Å²) in [7, 11) is 5.65. The number of pyridine rings is 1. The van der Waals surface area contributed by atoms with E-state index in [1.54, 1.807) is 11.7 Å². The molecule has 0 radical (unpaired) electrons. The molecular formula is C20H31N3O3. The summed E-state index contributed by atoms with van der Waals surface area (Å²) in [5.41, 5.74) is 2.70. The molecule has 0 unspecified atom stereocenters. The van der Waals surface area contributed by atoms with Gasteiger partial charge in [-0.3, -0.25) is 9.36 Å². The summed E-state index contributed by atoms with van der Waals surface area (Å²) in [6.45, 7) is 6.63. The first-order valence-corrected chi connectivity index (χ1v) is 9.31. The molecule has 0 saturated heterocycles. The van der Waals surface area contributed by atoms with Crippen molar-refractivity contribution in [1.29, 1.82) is 0 Å². The number of nitrogens with one attached hydrogen (secondary N) is 1. The zero-order valence-electron chi connectivity index (χ0n) is 16.6. The first kappa shape index (κ1) is 20.3. The normalized spacial score (nSPS) is 13.0. The lowest BCUT2D eigenvalue weighted by molar-refractivity contribution is 0.131. The van der Waals surface area contributed by atoms with Gasteiger partial charge in [0, 0.05) is 31.1 Å². The number of hydrogen-bond donors (Lipinski definition) is 1. The number of nitrogens with zero attached hydrogens (tertiary/aromatic N) is 2. The highest BCUT2D eigenvalue weighted by Gasteiger charge is 2.19. The van der Waals surface area contributed by atoms with Gasteiger partial charge in [0.2, 0.25) is 0 Å². The summed E-state index contributed by atoms with van der Waals surface area (Å²) in [6, 6.07) is 5.88. The van der Waals surface area contributed by atoms with Crippen LogP contribution in [0.3, 0.4) is 0 Å². The van der Waals surface area contributed by atoms with Crippen molar-refractivity contribution in [2.24, 2.45) is 0 Å². The Morgan fingerprint density at radius 3 is 2.73 bits per heavy atom. The minimum atomic E-state index is 0.0350. The van der Waals surface area contributed by atoms with Gasteiger partial charge in [0.25, 0.3) is 5.56 Å². The molecule has 2 aromatic rings. The lowest BCUT2D eigenvalue weighted by Crippen LogP contribution is -2.29. The Kier molecular flexibility index (Phi) is 7.48. The number of aromatic nitrogens is 1. The van der Waals surface area contributed by atoms with Crippen LogP contribution in [0.4, 0.5) is 5.69 Å². The van der Waals surface area contributed by atoms with Gasteiger partial charge < -0.3 is 19.7 Å². The molecule has 6 nitrogen and oxygen atoms in total. The van der Waals surface area contributed by atoms with E-state index in [2.05, 4.69) is 10.2 Å². The van der Waals surface area contributed by atoms with Crippen molar-refractivity contribution >= 4 is 16.6 Å². The summed E-state index contributed by atoms with van der Waals surface area (Å²) >= 11 is 0. The molecule has 144 valence electrons. The van der Waals surface area contributed by atoms with Crippen molar-refractivity contribution < 1.29 is 9.47 Å². The van der Waals surface area contributed by atoms with E-state index in [4.69, 9.17) is 9.47 Å². The SMILES string of the molecule is CC.COCn1c(=O)c2c(c3cc(OCCN(C)C)ccc31)NCCC2. The van der Waals surface area contributed by atoms with Crippen LogP contribution in [0.5, 0.6) is 5.75 Å². The predicted molar refractivity (Wildman–Crippen MR) is 107 cm³/mol. The third-order valence-corrected chi connectivity index (χ3v) is 4.30. The molecule has 26 heavy (non-hydrogen) atoms. The van der Waals surface area contributed by atoms with Crippen LogP contribution >= 0.6 is 0 Å². The number of likely N-dealkylation sites (N-methyl/N-ethyl adjacent to an activating group) is 1. The van der Waals surface area contributed by atoms with E-state index in [1.165, 1.54) is 0 Å². The number of rotatable bonds is 6. The quantitative estimate of drug-likeness (QED) is 0.857. The summed E-state index contributed by atoms with van der Waals surface area (Å²) in [4.78, 5) is 14.8. The van der Waals surface area contributed by atoms with Crippen molar-refractivity contribution in [2.45, 2.75) is 33.4 Å². The maximum absolute atomic E-state index is 12.8. The van der Waals surface area contributed by atoms with Gasteiger partial charge in [-0.05, 0) is 45.1 Å². The molecule has 3 rings (SSSR count). The highest BCUT2D eigenvalue weighted by atomic mass is 16.5. The number of benzene rings is 1. The van der Waals surface area contributed by atoms with Crippen LogP contribution in [0.1, 0.15) is 25.8 Å². The Morgan fingerprint density at radius 2 is 2.04 bits per heavy atom. The van der Waals surface area contributed by atoms with Gasteiger partial charge in [-0.25, -0.2) is 0 Å². The molecule has 1 aromatic heterocycles. The number of fused-ring (bicyclic) bond motifs is 3. The fourth-order valence-corrected chi connectivity index (χ4v) is 3.10. The Bertz CT molecular complexity index is 784. The summed E-state index contributed by atoms with van der Waals surface area (Å²) in [5.74, 6) is 0.821. The highest BCUT2D eigenvalue weighted by molar-refractivity contribution is 5.94. The van der Waals surface area contributed by atoms with E-state index < -0.39 is 0 Å². The van der Waals surface area contributed by atoms with Crippen molar-refractivity contribution in [3.8, 4) is 5.75 Å². The Balaban J connectivity index is 0.00000117. The van der Waals surface area contributed by atoms with Crippen LogP contribution in [-0.4, -0.2) is 50.4 Å². The van der Waals surface area contributed by atoms with E-state index in [0.717, 1.165) is 53.8 Å². The van der Waals surface area contributed by atoms with E-state index in [1.807, 2.05) is 46.1 Å². The molecule has 0 atom stereocenters. The molecule has 1 aromatic carbocycles. The van der Waals surface area contributed by atoms with E-state index in [0.29, 0.717) is 6.61 Å². The number of methoxy groups -OCH3 is 1. The van der Waals surface area contributed by atoms with Crippen LogP contribution in [0.2, 0.25) is 0 Å². The molecule has 0 saturated carbocycles. The van der Waals surface area contributed by atoms with E-state index in [-0.39, 0.29) is 12.3 Å². The van der Waals surface area contributed by atoms with Crippen molar-refractivity contribution in [3.05, 3.63) is 34.1 Å². The molecule has 0 fully saturated rings. The molecule has 1 aliphatic heterocycles. The molecule has 0 spiro atoms. The van der Waals surface area contributed by atoms with Crippen molar-refractivity contribution in [3.63, 3.8) is 0 Å². The van der Waals surface area contributed by atoms with Crippen LogP contribution in [0, 0.1) is 0 Å². The van der Waals surface area contributed by atoms with Gasteiger partial charge in [0.05, 0.1) is 11.2 Å². The smallest absolute Gasteiger partial charge is 0.258 e. The van der Waals surface area contributed by atoms with Gasteiger partial charge in [0.15, 0.2) is 0 Å². The molecule has 2 heterocycles. The molecule has 0 bridgehead atoms. The monoisotopic (exact) mass is 361 g/mol. The molecule has 6 heteroatoms. The maximum atomic E-state index is 12.8. The predicted octanol–water partition coefficient (Wildman–Crippen LogP) is 2.93. The summed E-state index contributed by atoms with van der Waals surface area (Å²) < 4.78 is 12.8. The second kappa shape index (κ2) is 9.59. The Morgan fingerprint density at radius 1 is 1.27 bits per heavy atom. The average molecular weight is 361 g/mol. The van der Waals surface area contributed by atoms with E-state index in [9.17, 15) is 4.79 Å². The zero-order valence-corrected chi connectivity index (χ0v) is 16.6. The van der Waals surface area contributed by atoms with Gasteiger partial charge in [-0.15, -0.1) is 0 Å². The van der Waals surface area contributed by atoms with Crippen molar-refractivity contribution in [2.75, 3.05) is 46.2 Å². The molecular weight excluding hydrogens is 330 g/mol. The van der Waals surface area contributed by atoms with Crippen LogP contribution in [-0.2, 0) is 17.9 Å². The van der Waals surface area contributed by atoms with Crippen LogP contribution in [0.25, 0.3) is 10.9 Å². The second-order valence-electron chi connectivity index (χ2n) is 6.37. The Labute approximate surface area is 155 Å². The minimum Gasteiger partial charge on any atom is -0.492 e. The number of anilines is 1. The standard InChI is InChI=1S/C18H25N3O3.C2H6/c1-20(2)9-10-24-13-6-7-16-15(11-13)17-14(5-4-8-19-17)18(22)21(16)12-23-3;1-2/h6-7,11,19H,4-5,8-10,12H2,1-3H3;1-2H3. The third kappa shape index (κ3) is 4.37. The van der Waals surface area contributed by atoms with Gasteiger partial charge in [0.1, 0.15) is 19.1 Å². The average Bonchev–Trinajstić information content (AvgIpc) is 2.66. The topological polar surface area (TPSA) is 55.7 Å². The first-order valence-electron chi connectivity index (χ1n) is 9.31. The first-order chi connectivity index (χ1) is 12.6. The fraction of sp³-hybridized carbons (Fsp3) is 0.550.